The van der Waals surface area contributed by atoms with Gasteiger partial charge in [0.15, 0.2) is 5.81 Å². The van der Waals surface area contributed by atoms with Gasteiger partial charge in [-0.2, -0.15) is 0 Å². The van der Waals surface area contributed by atoms with Crippen LogP contribution in [0.25, 0.3) is 0 Å². The number of benzene rings is 1. The second-order valence-electron chi connectivity index (χ2n) is 5.04. The highest BCUT2D eigenvalue weighted by molar-refractivity contribution is 6.57. The summed E-state index contributed by atoms with van der Waals surface area (Å²) in [4.78, 5) is 24.0. The maximum absolute atomic E-state index is 10.9. The van der Waals surface area contributed by atoms with E-state index in [0.717, 1.165) is 30.8 Å². The van der Waals surface area contributed by atoms with Crippen LogP contribution in [0.3, 0.4) is 0 Å². The highest BCUT2D eigenvalue weighted by Gasteiger charge is 2.24. The van der Waals surface area contributed by atoms with Gasteiger partial charge in [0.1, 0.15) is 6.10 Å². The van der Waals surface area contributed by atoms with Crippen LogP contribution < -0.4 is 10.2 Å². The van der Waals surface area contributed by atoms with Gasteiger partial charge in [0.05, 0.1) is 6.54 Å². The Balaban J connectivity index is 1.90. The van der Waals surface area contributed by atoms with Crippen LogP contribution in [0.1, 0.15) is 18.9 Å². The van der Waals surface area contributed by atoms with E-state index in [1.807, 2.05) is 24.3 Å². The highest BCUT2D eigenvalue weighted by Crippen LogP contribution is 2.22. The summed E-state index contributed by atoms with van der Waals surface area (Å²) >= 11 is 0. The van der Waals surface area contributed by atoms with E-state index in [1.54, 1.807) is 0 Å². The van der Waals surface area contributed by atoms with Crippen LogP contribution in [0, 0.1) is 0 Å². The average Bonchev–Trinajstić information content (AvgIpc) is 2.84. The van der Waals surface area contributed by atoms with Crippen LogP contribution in [0.2, 0.25) is 0 Å². The summed E-state index contributed by atoms with van der Waals surface area (Å²) < 4.78 is 5.22. The summed E-state index contributed by atoms with van der Waals surface area (Å²) in [5.41, 5.74) is 2.19. The van der Waals surface area contributed by atoms with Crippen LogP contribution in [0.5, 0.6) is 0 Å². The Morgan fingerprint density at radius 1 is 1.40 bits per heavy atom. The molecule has 0 saturated carbocycles. The number of nitrogens with one attached hydrogen (secondary N) is 1. The van der Waals surface area contributed by atoms with Crippen molar-refractivity contribution < 1.29 is 14.3 Å². The van der Waals surface area contributed by atoms with Crippen LogP contribution >= 0.6 is 0 Å². The first kappa shape index (κ1) is 14.4. The Morgan fingerprint density at radius 2 is 2.10 bits per heavy atom. The van der Waals surface area contributed by atoms with Crippen LogP contribution in [0.15, 0.2) is 24.3 Å². The third-order valence-electron chi connectivity index (χ3n) is 3.32. The molecule has 1 aliphatic heterocycles. The summed E-state index contributed by atoms with van der Waals surface area (Å²) in [7, 11) is 1.51. The van der Waals surface area contributed by atoms with Crippen molar-refractivity contribution in [2.75, 3.05) is 18.0 Å². The highest BCUT2D eigenvalue weighted by atomic mass is 16.5. The Labute approximate surface area is 119 Å². The van der Waals surface area contributed by atoms with E-state index in [9.17, 15) is 9.59 Å². The van der Waals surface area contributed by atoms with E-state index in [2.05, 4.69) is 10.2 Å². The Morgan fingerprint density at radius 3 is 2.70 bits per heavy atom. The minimum absolute atomic E-state index is 0.00782. The van der Waals surface area contributed by atoms with Gasteiger partial charge in [-0.3, -0.25) is 9.59 Å². The molecular formula is C14H19BN2O3. The molecule has 20 heavy (non-hydrogen) atoms. The number of carbonyl (C=O) groups is 2. The van der Waals surface area contributed by atoms with Crippen molar-refractivity contribution in [2.24, 2.45) is 0 Å². The van der Waals surface area contributed by atoms with Gasteiger partial charge in [-0.1, -0.05) is 12.1 Å². The fourth-order valence-electron chi connectivity index (χ4n) is 2.34. The van der Waals surface area contributed by atoms with Crippen LogP contribution in [-0.2, 0) is 16.1 Å². The number of carbonyl (C=O) groups excluding carboxylic acids is 2. The van der Waals surface area contributed by atoms with E-state index in [-0.39, 0.29) is 17.9 Å². The zero-order valence-corrected chi connectivity index (χ0v) is 11.9. The molecule has 0 bridgehead atoms. The van der Waals surface area contributed by atoms with E-state index < -0.39 is 0 Å². The molecule has 6 heteroatoms. The molecule has 106 valence electrons. The van der Waals surface area contributed by atoms with Crippen molar-refractivity contribution in [3.05, 3.63) is 29.8 Å². The van der Waals surface area contributed by atoms with Crippen LogP contribution in [0.4, 0.5) is 10.5 Å². The third-order valence-corrected chi connectivity index (χ3v) is 3.32. The van der Waals surface area contributed by atoms with Gasteiger partial charge in [-0.05, 0) is 17.7 Å². The molecule has 1 fully saturated rings. The topological polar surface area (TPSA) is 58.6 Å². The molecule has 0 unspecified atom stereocenters. The smallest absolute Gasteiger partial charge is 0.302 e. The quantitative estimate of drug-likeness (QED) is 0.647. The fourth-order valence-corrected chi connectivity index (χ4v) is 2.34. The van der Waals surface area contributed by atoms with Crippen LogP contribution in [-0.4, -0.2) is 38.8 Å². The molecule has 1 saturated heterocycles. The Kier molecular flexibility index (Phi) is 4.66. The lowest BCUT2D eigenvalue weighted by Crippen LogP contribution is -2.24. The molecule has 0 aromatic heterocycles. The number of hydrogen-bond donors (Lipinski definition) is 1. The molecule has 2 rings (SSSR count). The van der Waals surface area contributed by atoms with E-state index in [4.69, 9.17) is 4.74 Å². The van der Waals surface area contributed by atoms with Gasteiger partial charge in [-0.25, -0.2) is 0 Å². The monoisotopic (exact) mass is 274 g/mol. The first-order valence-electron chi connectivity index (χ1n) is 6.80. The number of amides is 1. The molecule has 1 aliphatic rings. The van der Waals surface area contributed by atoms with Crippen molar-refractivity contribution in [3.63, 3.8) is 0 Å². The molecule has 5 nitrogen and oxygen atoms in total. The lowest BCUT2D eigenvalue weighted by atomic mass is 10.1. The van der Waals surface area contributed by atoms with Gasteiger partial charge in [0.2, 0.25) is 7.85 Å². The van der Waals surface area contributed by atoms with E-state index >= 15 is 0 Å². The molecule has 1 amide bonds. The molecule has 1 aromatic carbocycles. The second kappa shape index (κ2) is 6.46. The molecule has 1 aromatic rings. The summed E-state index contributed by atoms with van der Waals surface area (Å²) in [6.45, 7) is 3.62. The Bertz CT molecular complexity index is 490. The molecule has 1 N–H and O–H groups in total. The molecule has 0 radical (unpaired) electrons. The van der Waals surface area contributed by atoms with Crippen molar-refractivity contribution in [3.8, 4) is 0 Å². The van der Waals surface area contributed by atoms with Crippen molar-refractivity contribution in [1.82, 2.24) is 5.32 Å². The fraction of sp³-hybridized carbons (Fsp3) is 0.429. The van der Waals surface area contributed by atoms with Gasteiger partial charge in [0.25, 0.3) is 0 Å². The summed E-state index contributed by atoms with van der Waals surface area (Å²) in [6, 6.07) is 8.08. The SMILES string of the molecule is BC(=O)NCc1ccc(N2CC[C@@H](OC(C)=O)C2)cc1. The standard InChI is InChI=1S/C14H19BN2O3/c1-10(18)20-13-6-7-17(9-13)12-4-2-11(3-5-12)8-16-14(15)19/h2-5,13H,6-9,15H2,1H3,(H,16,19)/t13-/m1/s1. The Hall–Kier alpha value is -1.98. The molecule has 0 spiro atoms. The molecule has 1 heterocycles. The third kappa shape index (κ3) is 4.01. The number of rotatable bonds is 4. The number of hydrogen-bond acceptors (Lipinski definition) is 4. The maximum atomic E-state index is 10.9. The van der Waals surface area contributed by atoms with Crippen molar-refractivity contribution in [2.45, 2.75) is 26.0 Å². The lowest BCUT2D eigenvalue weighted by molar-refractivity contribution is -0.145. The van der Waals surface area contributed by atoms with Gasteiger partial charge in [0, 0.05) is 32.1 Å². The average molecular weight is 274 g/mol. The number of ether oxygens (including phenoxy) is 1. The normalized spacial score (nSPS) is 17.9. The van der Waals surface area contributed by atoms with Crippen molar-refractivity contribution >= 4 is 25.3 Å². The largest absolute Gasteiger partial charge is 0.461 e. The minimum atomic E-state index is -0.220. The molecule has 1 atom stereocenters. The van der Waals surface area contributed by atoms with Gasteiger partial charge >= 0.3 is 5.97 Å². The van der Waals surface area contributed by atoms with Gasteiger partial charge in [-0.15, -0.1) is 0 Å². The van der Waals surface area contributed by atoms with Gasteiger partial charge < -0.3 is 15.0 Å². The van der Waals surface area contributed by atoms with Crippen molar-refractivity contribution in [1.29, 1.82) is 0 Å². The summed E-state index contributed by atoms with van der Waals surface area (Å²) in [5, 5.41) is 2.77. The van der Waals surface area contributed by atoms with E-state index in [0.29, 0.717) is 6.54 Å². The predicted molar refractivity (Wildman–Crippen MR) is 79.6 cm³/mol. The molecule has 0 aliphatic carbocycles. The first-order chi connectivity index (χ1) is 9.54. The zero-order chi connectivity index (χ0) is 14.5. The summed E-state index contributed by atoms with van der Waals surface area (Å²) in [5.74, 6) is -0.250. The number of nitrogens with zero attached hydrogens (tertiary/aromatic N) is 1. The molecular weight excluding hydrogens is 255 g/mol. The summed E-state index contributed by atoms with van der Waals surface area (Å²) in [6.07, 6.45) is 0.860. The number of anilines is 1. The second-order valence-corrected chi connectivity index (χ2v) is 5.04. The zero-order valence-electron chi connectivity index (χ0n) is 11.9. The van der Waals surface area contributed by atoms with E-state index in [1.165, 1.54) is 14.8 Å². The minimum Gasteiger partial charge on any atom is -0.461 e. The maximum Gasteiger partial charge on any atom is 0.302 e. The first-order valence-corrected chi connectivity index (χ1v) is 6.80. The lowest BCUT2D eigenvalue weighted by Gasteiger charge is -2.18. The predicted octanol–water partition coefficient (Wildman–Crippen LogP) is 0.671. The number of esters is 1.